The molecular weight excluding hydrogens is 346 g/mol. The number of benzene rings is 3. The van der Waals surface area contributed by atoms with Gasteiger partial charge in [-0.05, 0) is 35.9 Å². The average molecular weight is 362 g/mol. The number of pyridine rings is 1. The van der Waals surface area contributed by atoms with Crippen molar-refractivity contribution < 1.29 is 9.47 Å². The first-order chi connectivity index (χ1) is 12.8. The number of hydrogen-bond acceptors (Lipinski definition) is 3. The highest BCUT2D eigenvalue weighted by molar-refractivity contribution is 6.32. The van der Waals surface area contributed by atoms with Gasteiger partial charge in [-0.3, -0.25) is 4.98 Å². The largest absolute Gasteiger partial charge is 0.487 e. The molecule has 1 heterocycles. The van der Waals surface area contributed by atoms with Crippen LogP contribution in [0.25, 0.3) is 10.9 Å². The van der Waals surface area contributed by atoms with E-state index in [0.717, 1.165) is 22.2 Å². The van der Waals surface area contributed by atoms with E-state index in [-0.39, 0.29) is 0 Å². The van der Waals surface area contributed by atoms with Crippen LogP contribution < -0.4 is 9.47 Å². The third-order valence-corrected chi connectivity index (χ3v) is 4.27. The van der Waals surface area contributed by atoms with Gasteiger partial charge >= 0.3 is 0 Å². The molecule has 3 aromatic carbocycles. The topological polar surface area (TPSA) is 31.4 Å². The second kappa shape index (κ2) is 7.46. The number of hydrogen-bond donors (Lipinski definition) is 0. The molecule has 0 aliphatic carbocycles. The van der Waals surface area contributed by atoms with Crippen molar-refractivity contribution in [3.63, 3.8) is 0 Å². The first-order valence-electron chi connectivity index (χ1n) is 8.27. The van der Waals surface area contributed by atoms with Crippen molar-refractivity contribution in [1.29, 1.82) is 0 Å². The van der Waals surface area contributed by atoms with Gasteiger partial charge in [0.2, 0.25) is 0 Å². The lowest BCUT2D eigenvalue weighted by molar-refractivity contribution is 0.306. The summed E-state index contributed by atoms with van der Waals surface area (Å²) in [5.41, 5.74) is 1.98. The van der Waals surface area contributed by atoms with Crippen LogP contribution in [0.3, 0.4) is 0 Å². The molecular formula is C22H16ClNO2. The van der Waals surface area contributed by atoms with Crippen LogP contribution in [0.2, 0.25) is 5.02 Å². The Hall–Kier alpha value is -3.04. The minimum absolute atomic E-state index is 0.468. The van der Waals surface area contributed by atoms with E-state index in [9.17, 15) is 0 Å². The van der Waals surface area contributed by atoms with Gasteiger partial charge in [0.1, 0.15) is 23.9 Å². The summed E-state index contributed by atoms with van der Waals surface area (Å²) >= 11 is 6.36. The summed E-state index contributed by atoms with van der Waals surface area (Å²) in [4.78, 5) is 4.34. The number of fused-ring (bicyclic) bond motifs is 1. The lowest BCUT2D eigenvalue weighted by Gasteiger charge is -2.11. The molecule has 0 saturated heterocycles. The summed E-state index contributed by atoms with van der Waals surface area (Å²) in [6, 6.07) is 25.1. The number of nitrogens with zero attached hydrogens (tertiary/aromatic N) is 1. The standard InChI is InChI=1S/C22H16ClNO2/c23-19-14-17(10-11-22(19)25-15-16-6-2-1-3-7-16)26-21-12-13-24-20-9-5-4-8-18(20)21/h1-14H,15H2. The van der Waals surface area contributed by atoms with E-state index in [1.165, 1.54) is 0 Å². The van der Waals surface area contributed by atoms with Crippen molar-refractivity contribution in [3.05, 3.63) is 95.6 Å². The summed E-state index contributed by atoms with van der Waals surface area (Å²) < 4.78 is 11.8. The molecule has 0 aliphatic rings. The monoisotopic (exact) mass is 361 g/mol. The number of para-hydroxylation sites is 1. The van der Waals surface area contributed by atoms with Crippen molar-refractivity contribution in [2.45, 2.75) is 6.61 Å². The molecule has 0 N–H and O–H groups in total. The highest BCUT2D eigenvalue weighted by Crippen LogP contribution is 2.33. The van der Waals surface area contributed by atoms with Crippen molar-refractivity contribution >= 4 is 22.5 Å². The number of aromatic nitrogens is 1. The highest BCUT2D eigenvalue weighted by atomic mass is 35.5. The van der Waals surface area contributed by atoms with E-state index in [1.54, 1.807) is 12.3 Å². The van der Waals surface area contributed by atoms with Gasteiger partial charge in [-0.1, -0.05) is 54.1 Å². The molecule has 0 radical (unpaired) electrons. The molecule has 128 valence electrons. The molecule has 0 spiro atoms. The summed E-state index contributed by atoms with van der Waals surface area (Å²) in [5.74, 6) is 2.02. The second-order valence-electron chi connectivity index (χ2n) is 5.79. The van der Waals surface area contributed by atoms with Gasteiger partial charge in [0.05, 0.1) is 10.5 Å². The third kappa shape index (κ3) is 3.63. The fourth-order valence-corrected chi connectivity index (χ4v) is 2.91. The molecule has 3 nitrogen and oxygen atoms in total. The fourth-order valence-electron chi connectivity index (χ4n) is 2.68. The summed E-state index contributed by atoms with van der Waals surface area (Å²) in [6.45, 7) is 0.468. The highest BCUT2D eigenvalue weighted by Gasteiger charge is 2.08. The molecule has 26 heavy (non-hydrogen) atoms. The zero-order chi connectivity index (χ0) is 17.8. The molecule has 0 aliphatic heterocycles. The third-order valence-electron chi connectivity index (χ3n) is 3.98. The first kappa shape index (κ1) is 16.4. The van der Waals surface area contributed by atoms with E-state index in [0.29, 0.717) is 23.1 Å². The molecule has 0 saturated carbocycles. The van der Waals surface area contributed by atoms with Crippen LogP contribution in [0, 0.1) is 0 Å². The van der Waals surface area contributed by atoms with Gasteiger partial charge in [-0.25, -0.2) is 0 Å². The maximum absolute atomic E-state index is 6.36. The smallest absolute Gasteiger partial charge is 0.138 e. The van der Waals surface area contributed by atoms with E-state index in [2.05, 4.69) is 4.98 Å². The van der Waals surface area contributed by atoms with Crippen molar-refractivity contribution in [1.82, 2.24) is 4.98 Å². The first-order valence-corrected chi connectivity index (χ1v) is 8.65. The van der Waals surface area contributed by atoms with Crippen LogP contribution in [-0.4, -0.2) is 4.98 Å². The van der Waals surface area contributed by atoms with Crippen molar-refractivity contribution in [3.8, 4) is 17.2 Å². The number of ether oxygens (including phenoxy) is 2. The van der Waals surface area contributed by atoms with Crippen LogP contribution in [0.15, 0.2) is 85.1 Å². The molecule has 0 fully saturated rings. The Bertz CT molecular complexity index is 1030. The van der Waals surface area contributed by atoms with Gasteiger partial charge in [0.15, 0.2) is 0 Å². The van der Waals surface area contributed by atoms with Gasteiger partial charge in [-0.2, -0.15) is 0 Å². The Balaban J connectivity index is 1.52. The quantitative estimate of drug-likeness (QED) is 0.420. The molecule has 4 heteroatoms. The van der Waals surface area contributed by atoms with E-state index >= 15 is 0 Å². The van der Waals surface area contributed by atoms with E-state index in [1.807, 2.05) is 72.8 Å². The predicted octanol–water partition coefficient (Wildman–Crippen LogP) is 6.26. The fraction of sp³-hybridized carbons (Fsp3) is 0.0455. The molecule has 0 amide bonds. The molecule has 0 atom stereocenters. The minimum Gasteiger partial charge on any atom is -0.487 e. The van der Waals surface area contributed by atoms with Gasteiger partial charge < -0.3 is 9.47 Å². The number of halogens is 1. The molecule has 1 aromatic heterocycles. The zero-order valence-electron chi connectivity index (χ0n) is 13.9. The normalized spacial score (nSPS) is 10.7. The van der Waals surface area contributed by atoms with Gasteiger partial charge in [-0.15, -0.1) is 0 Å². The Morgan fingerprint density at radius 3 is 2.46 bits per heavy atom. The van der Waals surface area contributed by atoms with Crippen molar-refractivity contribution in [2.75, 3.05) is 0 Å². The summed E-state index contributed by atoms with van der Waals surface area (Å²) in [7, 11) is 0. The second-order valence-corrected chi connectivity index (χ2v) is 6.20. The number of rotatable bonds is 5. The Morgan fingerprint density at radius 1 is 0.808 bits per heavy atom. The summed E-state index contributed by atoms with van der Waals surface area (Å²) in [5, 5.41) is 1.47. The predicted molar refractivity (Wildman–Crippen MR) is 104 cm³/mol. The molecule has 4 aromatic rings. The molecule has 0 unspecified atom stereocenters. The van der Waals surface area contributed by atoms with Crippen LogP contribution in [0.4, 0.5) is 0 Å². The van der Waals surface area contributed by atoms with Crippen LogP contribution >= 0.6 is 11.6 Å². The van der Waals surface area contributed by atoms with Crippen LogP contribution in [0.1, 0.15) is 5.56 Å². The van der Waals surface area contributed by atoms with Crippen molar-refractivity contribution in [2.24, 2.45) is 0 Å². The minimum atomic E-state index is 0.468. The Labute approximate surface area is 156 Å². The van der Waals surface area contributed by atoms with E-state index in [4.69, 9.17) is 21.1 Å². The van der Waals surface area contributed by atoms with Crippen LogP contribution in [0.5, 0.6) is 17.2 Å². The Morgan fingerprint density at radius 2 is 1.62 bits per heavy atom. The average Bonchev–Trinajstić information content (AvgIpc) is 2.68. The van der Waals surface area contributed by atoms with Crippen LogP contribution in [-0.2, 0) is 6.61 Å². The van der Waals surface area contributed by atoms with Gasteiger partial charge in [0.25, 0.3) is 0 Å². The summed E-state index contributed by atoms with van der Waals surface area (Å²) in [6.07, 6.45) is 1.73. The Kier molecular flexibility index (Phi) is 4.71. The maximum atomic E-state index is 6.36. The molecule has 4 rings (SSSR count). The molecule has 0 bridgehead atoms. The lowest BCUT2D eigenvalue weighted by atomic mass is 10.2. The lowest BCUT2D eigenvalue weighted by Crippen LogP contribution is -1.96. The van der Waals surface area contributed by atoms with Gasteiger partial charge in [0, 0.05) is 17.6 Å². The van der Waals surface area contributed by atoms with E-state index < -0.39 is 0 Å². The zero-order valence-corrected chi connectivity index (χ0v) is 14.7. The maximum Gasteiger partial charge on any atom is 0.138 e. The SMILES string of the molecule is Clc1cc(Oc2ccnc3ccccc23)ccc1OCc1ccccc1.